The maximum absolute atomic E-state index is 10.1. The second-order valence-corrected chi connectivity index (χ2v) is 4.18. The molecule has 2 rings (SSSR count). The van der Waals surface area contributed by atoms with E-state index < -0.39 is 0 Å². The summed E-state index contributed by atoms with van der Waals surface area (Å²) in [6.07, 6.45) is 4.39. The molecule has 15 heavy (non-hydrogen) atoms. The predicted octanol–water partition coefficient (Wildman–Crippen LogP) is 0.985. The first-order chi connectivity index (χ1) is 7.36. The summed E-state index contributed by atoms with van der Waals surface area (Å²) in [6.45, 7) is 2.06. The molecule has 0 bridgehead atoms. The highest BCUT2D eigenvalue weighted by atomic mass is 16.3. The summed E-state index contributed by atoms with van der Waals surface area (Å²) in [5.41, 5.74) is 0.989. The lowest BCUT2D eigenvalue weighted by molar-refractivity contribution is 0.0882. The lowest BCUT2D eigenvalue weighted by atomic mass is 9.90. The van der Waals surface area contributed by atoms with Crippen LogP contribution in [0.3, 0.4) is 0 Å². The lowest BCUT2D eigenvalue weighted by Crippen LogP contribution is -2.35. The molecule has 0 radical (unpaired) electrons. The maximum Gasteiger partial charge on any atom is 0.0624 e. The molecule has 3 nitrogen and oxygen atoms in total. The smallest absolute Gasteiger partial charge is 0.0624 e. The van der Waals surface area contributed by atoms with Crippen LogP contribution in [0.5, 0.6) is 0 Å². The molecule has 1 aromatic rings. The van der Waals surface area contributed by atoms with Gasteiger partial charge in [-0.25, -0.2) is 0 Å². The molecular weight excluding hydrogens is 188 g/mol. The minimum absolute atomic E-state index is 0.234. The van der Waals surface area contributed by atoms with E-state index in [4.69, 9.17) is 0 Å². The number of rotatable bonds is 3. The Morgan fingerprint density at radius 2 is 2.20 bits per heavy atom. The highest BCUT2D eigenvalue weighted by Gasteiger charge is 2.21. The van der Waals surface area contributed by atoms with Gasteiger partial charge in [-0.05, 0) is 44.0 Å². The second kappa shape index (κ2) is 5.24. The molecule has 0 aromatic carbocycles. The van der Waals surface area contributed by atoms with Crippen LogP contribution in [0.15, 0.2) is 24.4 Å². The Labute approximate surface area is 90.5 Å². The highest BCUT2D eigenvalue weighted by Crippen LogP contribution is 2.18. The zero-order chi connectivity index (χ0) is 10.5. The maximum atomic E-state index is 10.1. The summed E-state index contributed by atoms with van der Waals surface area (Å²) in [4.78, 5) is 4.24. The molecule has 3 heteroatoms. The Kier molecular flexibility index (Phi) is 3.69. The number of pyridine rings is 1. The van der Waals surface area contributed by atoms with Gasteiger partial charge in [0.2, 0.25) is 0 Å². The van der Waals surface area contributed by atoms with Crippen molar-refractivity contribution in [3.05, 3.63) is 30.1 Å². The Hall–Kier alpha value is -0.930. The molecular formula is C12H18N2O. The van der Waals surface area contributed by atoms with E-state index in [1.807, 2.05) is 18.2 Å². The van der Waals surface area contributed by atoms with E-state index in [0.717, 1.165) is 31.6 Å². The number of nitrogens with zero attached hydrogens (tertiary/aromatic N) is 1. The Balaban J connectivity index is 1.88. The second-order valence-electron chi connectivity index (χ2n) is 4.18. The van der Waals surface area contributed by atoms with E-state index in [2.05, 4.69) is 10.3 Å². The number of hydrogen-bond donors (Lipinski definition) is 2. The molecule has 82 valence electrons. The zero-order valence-corrected chi connectivity index (χ0v) is 8.89. The molecule has 1 unspecified atom stereocenters. The van der Waals surface area contributed by atoms with Crippen molar-refractivity contribution >= 4 is 0 Å². The van der Waals surface area contributed by atoms with Crippen molar-refractivity contribution in [1.29, 1.82) is 0 Å². The van der Waals surface area contributed by atoms with Gasteiger partial charge in [0.1, 0.15) is 0 Å². The van der Waals surface area contributed by atoms with Gasteiger partial charge in [-0.2, -0.15) is 0 Å². The van der Waals surface area contributed by atoms with Crippen molar-refractivity contribution in [2.24, 2.45) is 5.92 Å². The van der Waals surface area contributed by atoms with Crippen LogP contribution >= 0.6 is 0 Å². The highest BCUT2D eigenvalue weighted by molar-refractivity contribution is 5.05. The molecule has 2 heterocycles. The number of hydrogen-bond acceptors (Lipinski definition) is 3. The number of aliphatic hydroxyl groups excluding tert-OH is 1. The Bertz CT molecular complexity index is 283. The summed E-state index contributed by atoms with van der Waals surface area (Å²) < 4.78 is 0. The molecule has 1 fully saturated rings. The van der Waals surface area contributed by atoms with Gasteiger partial charge in [0, 0.05) is 18.3 Å². The van der Waals surface area contributed by atoms with E-state index in [9.17, 15) is 5.11 Å². The largest absolute Gasteiger partial charge is 0.392 e. The Morgan fingerprint density at radius 3 is 2.87 bits per heavy atom. The van der Waals surface area contributed by atoms with Gasteiger partial charge in [0.15, 0.2) is 0 Å². The van der Waals surface area contributed by atoms with Crippen LogP contribution in [0.4, 0.5) is 0 Å². The SMILES string of the molecule is OC(Cc1ccccn1)C1CCNCC1. The summed E-state index contributed by atoms with van der Waals surface area (Å²) in [6, 6.07) is 5.85. The molecule has 0 amide bonds. The van der Waals surface area contributed by atoms with E-state index in [1.54, 1.807) is 6.20 Å². The third kappa shape index (κ3) is 3.01. The molecule has 0 saturated carbocycles. The van der Waals surface area contributed by atoms with Crippen molar-refractivity contribution in [1.82, 2.24) is 10.3 Å². The number of piperidine rings is 1. The van der Waals surface area contributed by atoms with Gasteiger partial charge in [0.25, 0.3) is 0 Å². The van der Waals surface area contributed by atoms with Crippen LogP contribution in [0, 0.1) is 5.92 Å². The minimum Gasteiger partial charge on any atom is -0.392 e. The molecule has 1 aromatic heterocycles. The third-order valence-electron chi connectivity index (χ3n) is 3.07. The van der Waals surface area contributed by atoms with Crippen molar-refractivity contribution in [2.75, 3.05) is 13.1 Å². The van der Waals surface area contributed by atoms with Crippen LogP contribution in [-0.2, 0) is 6.42 Å². The molecule has 0 aliphatic carbocycles. The van der Waals surface area contributed by atoms with Crippen LogP contribution in [-0.4, -0.2) is 29.3 Å². The Morgan fingerprint density at radius 1 is 1.40 bits per heavy atom. The van der Waals surface area contributed by atoms with E-state index in [-0.39, 0.29) is 6.10 Å². The van der Waals surface area contributed by atoms with Crippen LogP contribution in [0.25, 0.3) is 0 Å². The third-order valence-corrected chi connectivity index (χ3v) is 3.07. The fraction of sp³-hybridized carbons (Fsp3) is 0.583. The zero-order valence-electron chi connectivity index (χ0n) is 8.89. The predicted molar refractivity (Wildman–Crippen MR) is 59.5 cm³/mol. The van der Waals surface area contributed by atoms with Crippen LogP contribution in [0.2, 0.25) is 0 Å². The van der Waals surface area contributed by atoms with Gasteiger partial charge in [-0.15, -0.1) is 0 Å². The fourth-order valence-electron chi connectivity index (χ4n) is 2.13. The van der Waals surface area contributed by atoms with Crippen molar-refractivity contribution < 1.29 is 5.11 Å². The van der Waals surface area contributed by atoms with Gasteiger partial charge in [-0.1, -0.05) is 6.07 Å². The molecule has 1 aliphatic rings. The number of nitrogens with one attached hydrogen (secondary N) is 1. The van der Waals surface area contributed by atoms with E-state index in [0.29, 0.717) is 12.3 Å². The normalized spacial score (nSPS) is 20.1. The minimum atomic E-state index is -0.234. The number of aliphatic hydroxyl groups is 1. The average Bonchev–Trinajstić information content (AvgIpc) is 2.31. The van der Waals surface area contributed by atoms with Gasteiger partial charge in [-0.3, -0.25) is 4.98 Å². The summed E-state index contributed by atoms with van der Waals surface area (Å²) in [5, 5.41) is 13.4. The fourth-order valence-corrected chi connectivity index (χ4v) is 2.13. The lowest BCUT2D eigenvalue weighted by Gasteiger charge is -2.26. The monoisotopic (exact) mass is 206 g/mol. The molecule has 1 atom stereocenters. The van der Waals surface area contributed by atoms with Crippen molar-refractivity contribution in [3.8, 4) is 0 Å². The molecule has 2 N–H and O–H groups in total. The number of aromatic nitrogens is 1. The summed E-state index contributed by atoms with van der Waals surface area (Å²) in [5.74, 6) is 0.438. The van der Waals surface area contributed by atoms with Crippen molar-refractivity contribution in [2.45, 2.75) is 25.4 Å². The quantitative estimate of drug-likeness (QED) is 0.775. The molecule has 1 saturated heterocycles. The van der Waals surface area contributed by atoms with Crippen LogP contribution < -0.4 is 5.32 Å². The first-order valence-electron chi connectivity index (χ1n) is 5.65. The van der Waals surface area contributed by atoms with Crippen LogP contribution in [0.1, 0.15) is 18.5 Å². The van der Waals surface area contributed by atoms with Gasteiger partial charge >= 0.3 is 0 Å². The van der Waals surface area contributed by atoms with Gasteiger partial charge in [0.05, 0.1) is 6.10 Å². The van der Waals surface area contributed by atoms with Crippen molar-refractivity contribution in [3.63, 3.8) is 0 Å². The first-order valence-corrected chi connectivity index (χ1v) is 5.65. The van der Waals surface area contributed by atoms with E-state index in [1.165, 1.54) is 0 Å². The summed E-state index contributed by atoms with van der Waals surface area (Å²) in [7, 11) is 0. The molecule has 0 spiro atoms. The topological polar surface area (TPSA) is 45.2 Å². The first kappa shape index (κ1) is 10.6. The summed E-state index contributed by atoms with van der Waals surface area (Å²) >= 11 is 0. The van der Waals surface area contributed by atoms with E-state index >= 15 is 0 Å². The standard InChI is InChI=1S/C12H18N2O/c15-12(10-4-7-13-8-5-10)9-11-3-1-2-6-14-11/h1-3,6,10,12-13,15H,4-5,7-9H2. The average molecular weight is 206 g/mol. The molecule has 1 aliphatic heterocycles. The van der Waals surface area contributed by atoms with Gasteiger partial charge < -0.3 is 10.4 Å².